The van der Waals surface area contributed by atoms with E-state index in [1.807, 2.05) is 0 Å². The van der Waals surface area contributed by atoms with E-state index >= 15 is 0 Å². The van der Waals surface area contributed by atoms with E-state index in [1.54, 1.807) is 12.3 Å². The van der Waals surface area contributed by atoms with E-state index in [2.05, 4.69) is 21.8 Å². The van der Waals surface area contributed by atoms with Gasteiger partial charge in [0.2, 0.25) is 0 Å². The van der Waals surface area contributed by atoms with Crippen molar-refractivity contribution in [2.24, 2.45) is 0 Å². The number of pyridine rings is 1. The Morgan fingerprint density at radius 1 is 1.20 bits per heavy atom. The average molecular weight is 246 g/mol. The molecular weight excluding hydrogens is 233 g/mol. The Hall–Kier alpha value is -0.510. The number of piperazine rings is 1. The highest BCUT2D eigenvalue weighted by molar-refractivity contribution is 6.36. The third kappa shape index (κ3) is 2.54. The number of halogens is 2. The minimum absolute atomic E-state index is 0.581. The third-order valence-electron chi connectivity index (χ3n) is 2.59. The van der Waals surface area contributed by atoms with Crippen LogP contribution >= 0.6 is 23.2 Å². The van der Waals surface area contributed by atoms with Gasteiger partial charge in [-0.15, -0.1) is 0 Å². The third-order valence-corrected chi connectivity index (χ3v) is 3.08. The fraction of sp³-hybridized carbons (Fsp3) is 0.500. The highest BCUT2D eigenvalue weighted by Crippen LogP contribution is 2.26. The van der Waals surface area contributed by atoms with Gasteiger partial charge in [-0.1, -0.05) is 23.2 Å². The molecule has 1 fully saturated rings. The Kier molecular flexibility index (Phi) is 3.34. The van der Waals surface area contributed by atoms with Crippen LogP contribution in [0.4, 0.5) is 5.82 Å². The summed E-state index contributed by atoms with van der Waals surface area (Å²) < 4.78 is 0. The van der Waals surface area contributed by atoms with Crippen molar-refractivity contribution in [2.45, 2.75) is 0 Å². The molecular formula is C10H13Cl2N3. The Balaban J connectivity index is 2.15. The zero-order chi connectivity index (χ0) is 10.8. The maximum Gasteiger partial charge on any atom is 0.147 e. The van der Waals surface area contributed by atoms with E-state index < -0.39 is 0 Å². The molecule has 0 aromatic carbocycles. The van der Waals surface area contributed by atoms with Crippen LogP contribution in [-0.2, 0) is 0 Å². The molecule has 3 nitrogen and oxygen atoms in total. The summed E-state index contributed by atoms with van der Waals surface area (Å²) in [4.78, 5) is 8.76. The minimum atomic E-state index is 0.581. The quantitative estimate of drug-likeness (QED) is 0.756. The van der Waals surface area contributed by atoms with Crippen LogP contribution in [0.25, 0.3) is 0 Å². The van der Waals surface area contributed by atoms with Gasteiger partial charge in [0.1, 0.15) is 5.82 Å². The maximum absolute atomic E-state index is 6.10. The second kappa shape index (κ2) is 4.56. The normalized spacial score (nSPS) is 18.2. The molecule has 5 heteroatoms. The van der Waals surface area contributed by atoms with Gasteiger partial charge >= 0.3 is 0 Å². The Bertz CT molecular complexity index is 349. The monoisotopic (exact) mass is 245 g/mol. The minimum Gasteiger partial charge on any atom is -0.353 e. The maximum atomic E-state index is 6.10. The summed E-state index contributed by atoms with van der Waals surface area (Å²) in [6.07, 6.45) is 1.64. The topological polar surface area (TPSA) is 19.4 Å². The lowest BCUT2D eigenvalue weighted by atomic mass is 10.3. The summed E-state index contributed by atoms with van der Waals surface area (Å²) in [7, 11) is 2.12. The summed E-state index contributed by atoms with van der Waals surface area (Å²) >= 11 is 11.9. The number of hydrogen-bond acceptors (Lipinski definition) is 3. The van der Waals surface area contributed by atoms with Crippen LogP contribution in [0.3, 0.4) is 0 Å². The first-order chi connectivity index (χ1) is 7.16. The molecule has 2 rings (SSSR count). The molecule has 82 valence electrons. The van der Waals surface area contributed by atoms with Gasteiger partial charge in [0.05, 0.1) is 10.0 Å². The van der Waals surface area contributed by atoms with E-state index in [0.717, 1.165) is 32.0 Å². The van der Waals surface area contributed by atoms with E-state index in [1.165, 1.54) is 0 Å². The van der Waals surface area contributed by atoms with Crippen LogP contribution in [-0.4, -0.2) is 43.1 Å². The van der Waals surface area contributed by atoms with Crippen LogP contribution in [0.1, 0.15) is 0 Å². The van der Waals surface area contributed by atoms with Crippen LogP contribution in [0.2, 0.25) is 10.0 Å². The van der Waals surface area contributed by atoms with Crippen LogP contribution in [0.15, 0.2) is 12.3 Å². The van der Waals surface area contributed by atoms with Crippen molar-refractivity contribution >= 4 is 29.0 Å². The summed E-state index contributed by atoms with van der Waals surface area (Å²) in [5.41, 5.74) is 0. The molecule has 0 N–H and O–H groups in total. The fourth-order valence-corrected chi connectivity index (χ4v) is 2.16. The first kappa shape index (κ1) is 11.0. The summed E-state index contributed by atoms with van der Waals surface area (Å²) in [5, 5.41) is 1.21. The van der Waals surface area contributed by atoms with E-state index in [-0.39, 0.29) is 0 Å². The molecule has 0 unspecified atom stereocenters. The van der Waals surface area contributed by atoms with Crippen molar-refractivity contribution in [3.05, 3.63) is 22.3 Å². The summed E-state index contributed by atoms with van der Waals surface area (Å²) in [5.74, 6) is 0.842. The second-order valence-corrected chi connectivity index (χ2v) is 4.59. The largest absolute Gasteiger partial charge is 0.353 e. The molecule has 2 heterocycles. The zero-order valence-electron chi connectivity index (χ0n) is 8.58. The summed E-state index contributed by atoms with van der Waals surface area (Å²) in [6.45, 7) is 4.01. The molecule has 1 aromatic heterocycles. The lowest BCUT2D eigenvalue weighted by Crippen LogP contribution is -2.44. The number of anilines is 1. The van der Waals surface area contributed by atoms with Gasteiger partial charge in [-0.05, 0) is 13.1 Å². The fourth-order valence-electron chi connectivity index (χ4n) is 1.66. The lowest BCUT2D eigenvalue weighted by molar-refractivity contribution is 0.312. The average Bonchev–Trinajstić information content (AvgIpc) is 2.20. The smallest absolute Gasteiger partial charge is 0.147 e. The Morgan fingerprint density at radius 3 is 2.47 bits per heavy atom. The Morgan fingerprint density at radius 2 is 1.87 bits per heavy atom. The SMILES string of the molecule is CN1CCN(c2ncc(Cl)cc2Cl)CC1. The van der Waals surface area contributed by atoms with Crippen LogP contribution in [0.5, 0.6) is 0 Å². The second-order valence-electron chi connectivity index (χ2n) is 3.75. The van der Waals surface area contributed by atoms with Gasteiger partial charge in [0.15, 0.2) is 0 Å². The molecule has 1 aliphatic rings. The lowest BCUT2D eigenvalue weighted by Gasteiger charge is -2.33. The van der Waals surface area contributed by atoms with E-state index in [0.29, 0.717) is 10.0 Å². The molecule has 1 saturated heterocycles. The first-order valence-electron chi connectivity index (χ1n) is 4.91. The van der Waals surface area contributed by atoms with Crippen molar-refractivity contribution in [1.82, 2.24) is 9.88 Å². The summed E-state index contributed by atoms with van der Waals surface area (Å²) in [6, 6.07) is 1.74. The standard InChI is InChI=1S/C10H13Cl2N3/c1-14-2-4-15(5-3-14)10-9(12)6-8(11)7-13-10/h6-7H,2-5H2,1H3. The molecule has 0 atom stereocenters. The van der Waals surface area contributed by atoms with Gasteiger partial charge in [0, 0.05) is 32.4 Å². The molecule has 0 radical (unpaired) electrons. The van der Waals surface area contributed by atoms with Crippen molar-refractivity contribution in [1.29, 1.82) is 0 Å². The molecule has 0 amide bonds. The number of aromatic nitrogens is 1. The van der Waals surface area contributed by atoms with Gasteiger partial charge in [-0.3, -0.25) is 0 Å². The molecule has 0 aliphatic carbocycles. The van der Waals surface area contributed by atoms with Crippen LogP contribution in [0, 0.1) is 0 Å². The number of nitrogens with zero attached hydrogens (tertiary/aromatic N) is 3. The van der Waals surface area contributed by atoms with E-state index in [4.69, 9.17) is 23.2 Å². The predicted octanol–water partition coefficient (Wildman–Crippen LogP) is 2.14. The van der Waals surface area contributed by atoms with Crippen LogP contribution < -0.4 is 4.90 Å². The number of rotatable bonds is 1. The van der Waals surface area contributed by atoms with Gasteiger partial charge < -0.3 is 9.80 Å². The molecule has 15 heavy (non-hydrogen) atoms. The van der Waals surface area contributed by atoms with Crippen molar-refractivity contribution in [3.63, 3.8) is 0 Å². The van der Waals surface area contributed by atoms with Crippen molar-refractivity contribution in [3.8, 4) is 0 Å². The molecule has 0 bridgehead atoms. The number of hydrogen-bond donors (Lipinski definition) is 0. The number of likely N-dealkylation sites (N-methyl/N-ethyl adjacent to an activating group) is 1. The van der Waals surface area contributed by atoms with Gasteiger partial charge in [-0.2, -0.15) is 0 Å². The molecule has 0 saturated carbocycles. The van der Waals surface area contributed by atoms with E-state index in [9.17, 15) is 0 Å². The van der Waals surface area contributed by atoms with Gasteiger partial charge in [0.25, 0.3) is 0 Å². The molecule has 1 aromatic rings. The Labute approximate surface area is 99.6 Å². The van der Waals surface area contributed by atoms with Crippen molar-refractivity contribution < 1.29 is 0 Å². The predicted molar refractivity (Wildman–Crippen MR) is 64.0 cm³/mol. The highest BCUT2D eigenvalue weighted by Gasteiger charge is 2.17. The zero-order valence-corrected chi connectivity index (χ0v) is 10.1. The van der Waals surface area contributed by atoms with Gasteiger partial charge in [-0.25, -0.2) is 4.98 Å². The van der Waals surface area contributed by atoms with Crippen molar-refractivity contribution in [2.75, 3.05) is 38.1 Å². The molecule has 1 aliphatic heterocycles. The molecule has 0 spiro atoms. The highest BCUT2D eigenvalue weighted by atomic mass is 35.5. The first-order valence-corrected chi connectivity index (χ1v) is 5.67.